The monoisotopic (exact) mass is 459 g/mol. The summed E-state index contributed by atoms with van der Waals surface area (Å²) < 4.78 is 13.2. The molecule has 1 heterocycles. The number of aromatic nitrogens is 2. The van der Waals surface area contributed by atoms with Crippen LogP contribution in [0.25, 0.3) is 16.6 Å². The van der Waals surface area contributed by atoms with Gasteiger partial charge < -0.3 is 14.8 Å². The number of benzene rings is 2. The number of methoxy groups -OCH3 is 2. The van der Waals surface area contributed by atoms with Crippen LogP contribution >= 0.6 is 15.9 Å². The van der Waals surface area contributed by atoms with Gasteiger partial charge in [-0.15, -0.1) is 0 Å². The van der Waals surface area contributed by atoms with Crippen molar-refractivity contribution in [3.8, 4) is 17.2 Å². The Labute approximate surface area is 179 Å². The topological polar surface area (TPSA) is 65.4 Å². The highest BCUT2D eigenvalue weighted by Crippen LogP contribution is 2.36. The number of rotatable bonds is 8. The Morgan fingerprint density at radius 2 is 1.97 bits per heavy atom. The van der Waals surface area contributed by atoms with Crippen molar-refractivity contribution in [2.75, 3.05) is 20.8 Å². The van der Waals surface area contributed by atoms with E-state index in [1.165, 1.54) is 0 Å². The molecule has 29 heavy (non-hydrogen) atoms. The molecular formula is C22H26BrN3O3. The third-order valence-electron chi connectivity index (χ3n) is 4.86. The third kappa shape index (κ3) is 4.31. The smallest absolute Gasteiger partial charge is 0.266 e. The Kier molecular flexibility index (Phi) is 6.92. The van der Waals surface area contributed by atoms with Crippen molar-refractivity contribution >= 4 is 26.8 Å². The van der Waals surface area contributed by atoms with Gasteiger partial charge in [-0.1, -0.05) is 25.5 Å². The second-order valence-corrected chi connectivity index (χ2v) is 7.61. The summed E-state index contributed by atoms with van der Waals surface area (Å²) in [5.74, 6) is 1.82. The number of ether oxygens (including phenoxy) is 2. The first kappa shape index (κ1) is 21.3. The summed E-state index contributed by atoms with van der Waals surface area (Å²) in [5, 5.41) is 4.04. The molecule has 1 N–H and O–H groups in total. The summed E-state index contributed by atoms with van der Waals surface area (Å²) >= 11 is 3.60. The molecule has 6 nitrogen and oxygen atoms in total. The minimum Gasteiger partial charge on any atom is -0.497 e. The van der Waals surface area contributed by atoms with Crippen LogP contribution in [0.2, 0.25) is 0 Å². The molecular weight excluding hydrogens is 434 g/mol. The van der Waals surface area contributed by atoms with Crippen molar-refractivity contribution in [3.05, 3.63) is 57.0 Å². The molecule has 0 aliphatic heterocycles. The Bertz CT molecular complexity index is 1070. The van der Waals surface area contributed by atoms with E-state index in [-0.39, 0.29) is 11.6 Å². The zero-order valence-corrected chi connectivity index (χ0v) is 18.7. The zero-order chi connectivity index (χ0) is 21.0. The van der Waals surface area contributed by atoms with Crippen LogP contribution in [0.15, 0.2) is 45.7 Å². The molecule has 0 bridgehead atoms. The van der Waals surface area contributed by atoms with Crippen LogP contribution in [0.3, 0.4) is 0 Å². The summed E-state index contributed by atoms with van der Waals surface area (Å²) in [6.45, 7) is 5.02. The molecule has 0 amide bonds. The van der Waals surface area contributed by atoms with Crippen LogP contribution in [0.1, 0.15) is 38.6 Å². The van der Waals surface area contributed by atoms with Crippen LogP contribution in [-0.4, -0.2) is 30.3 Å². The molecule has 0 saturated heterocycles. The van der Waals surface area contributed by atoms with E-state index in [2.05, 4.69) is 28.2 Å². The van der Waals surface area contributed by atoms with Gasteiger partial charge in [0.05, 0.1) is 41.3 Å². The fourth-order valence-electron chi connectivity index (χ4n) is 3.25. The van der Waals surface area contributed by atoms with Crippen molar-refractivity contribution in [3.63, 3.8) is 0 Å². The van der Waals surface area contributed by atoms with Gasteiger partial charge in [0.2, 0.25) is 0 Å². The molecule has 1 aromatic heterocycles. The molecule has 0 fully saturated rings. The molecule has 1 unspecified atom stereocenters. The Morgan fingerprint density at radius 3 is 2.66 bits per heavy atom. The number of hydrogen-bond donors (Lipinski definition) is 1. The van der Waals surface area contributed by atoms with Crippen LogP contribution < -0.4 is 20.3 Å². The molecule has 154 valence electrons. The predicted octanol–water partition coefficient (Wildman–Crippen LogP) is 4.62. The number of para-hydroxylation sites is 1. The van der Waals surface area contributed by atoms with Crippen molar-refractivity contribution in [2.24, 2.45) is 0 Å². The summed E-state index contributed by atoms with van der Waals surface area (Å²) in [6.07, 6.45) is 2.15. The van der Waals surface area contributed by atoms with Gasteiger partial charge in [0.1, 0.15) is 17.3 Å². The minimum absolute atomic E-state index is 0.122. The largest absolute Gasteiger partial charge is 0.497 e. The van der Waals surface area contributed by atoms with E-state index in [9.17, 15) is 4.79 Å². The highest BCUT2D eigenvalue weighted by atomic mass is 79.9. The summed E-state index contributed by atoms with van der Waals surface area (Å²) in [7, 11) is 3.17. The number of fused-ring (bicyclic) bond motifs is 1. The van der Waals surface area contributed by atoms with E-state index in [1.807, 2.05) is 31.2 Å². The van der Waals surface area contributed by atoms with E-state index in [1.54, 1.807) is 30.9 Å². The number of hydrogen-bond acceptors (Lipinski definition) is 5. The van der Waals surface area contributed by atoms with Gasteiger partial charge in [0, 0.05) is 12.1 Å². The number of unbranched alkanes of at least 4 members (excludes halogenated alkanes) is 1. The molecule has 0 aliphatic carbocycles. The Morgan fingerprint density at radius 1 is 1.21 bits per heavy atom. The zero-order valence-electron chi connectivity index (χ0n) is 17.2. The van der Waals surface area contributed by atoms with Gasteiger partial charge in [-0.25, -0.2) is 4.98 Å². The third-order valence-corrected chi connectivity index (χ3v) is 5.66. The van der Waals surface area contributed by atoms with Gasteiger partial charge in [0.25, 0.3) is 5.56 Å². The summed E-state index contributed by atoms with van der Waals surface area (Å²) in [4.78, 5) is 18.4. The van der Waals surface area contributed by atoms with Crippen molar-refractivity contribution in [2.45, 2.75) is 32.7 Å². The first-order chi connectivity index (χ1) is 14.0. The van der Waals surface area contributed by atoms with Crippen molar-refractivity contribution < 1.29 is 9.47 Å². The van der Waals surface area contributed by atoms with Crippen molar-refractivity contribution in [1.82, 2.24) is 14.9 Å². The lowest BCUT2D eigenvalue weighted by Crippen LogP contribution is -2.30. The highest BCUT2D eigenvalue weighted by molar-refractivity contribution is 9.10. The van der Waals surface area contributed by atoms with Crippen LogP contribution in [0, 0.1) is 0 Å². The molecule has 1 atom stereocenters. The van der Waals surface area contributed by atoms with E-state index in [4.69, 9.17) is 14.5 Å². The molecule has 3 rings (SSSR count). The fraction of sp³-hybridized carbons (Fsp3) is 0.364. The second kappa shape index (κ2) is 9.41. The van der Waals surface area contributed by atoms with Crippen LogP contribution in [-0.2, 0) is 0 Å². The normalized spacial score (nSPS) is 12.2. The van der Waals surface area contributed by atoms with E-state index in [0.29, 0.717) is 38.4 Å². The lowest BCUT2D eigenvalue weighted by atomic mass is 10.2. The number of nitrogens with zero attached hydrogens (tertiary/aromatic N) is 2. The number of nitrogens with one attached hydrogen (secondary N) is 1. The first-order valence-electron chi connectivity index (χ1n) is 9.68. The predicted molar refractivity (Wildman–Crippen MR) is 119 cm³/mol. The maximum atomic E-state index is 13.5. The van der Waals surface area contributed by atoms with Crippen LogP contribution in [0.5, 0.6) is 11.5 Å². The van der Waals surface area contributed by atoms with Gasteiger partial charge in [-0.2, -0.15) is 0 Å². The Hall–Kier alpha value is -2.38. The first-order valence-corrected chi connectivity index (χ1v) is 10.5. The average Bonchev–Trinajstić information content (AvgIpc) is 2.74. The molecule has 0 spiro atoms. The molecule has 0 aliphatic rings. The van der Waals surface area contributed by atoms with Crippen molar-refractivity contribution in [1.29, 1.82) is 0 Å². The highest BCUT2D eigenvalue weighted by Gasteiger charge is 2.21. The van der Waals surface area contributed by atoms with E-state index in [0.717, 1.165) is 19.4 Å². The molecule has 7 heteroatoms. The molecule has 3 aromatic rings. The van der Waals surface area contributed by atoms with Crippen LogP contribution in [0.4, 0.5) is 0 Å². The maximum absolute atomic E-state index is 13.5. The van der Waals surface area contributed by atoms with E-state index < -0.39 is 0 Å². The Balaban J connectivity index is 2.29. The quantitative estimate of drug-likeness (QED) is 0.498. The summed E-state index contributed by atoms with van der Waals surface area (Å²) in [5.41, 5.74) is 1.17. The SMILES string of the molecule is CCCCNC(C)c1nc2ccccc2c(=O)n1-c1cc(OC)cc(OC)c1Br. The second-order valence-electron chi connectivity index (χ2n) is 6.82. The lowest BCUT2D eigenvalue weighted by molar-refractivity contribution is 0.392. The molecule has 0 radical (unpaired) electrons. The summed E-state index contributed by atoms with van der Waals surface area (Å²) in [6, 6.07) is 10.9. The van der Waals surface area contributed by atoms with Gasteiger partial charge in [-0.05, 0) is 48.0 Å². The van der Waals surface area contributed by atoms with E-state index >= 15 is 0 Å². The van der Waals surface area contributed by atoms with Gasteiger partial charge in [-0.3, -0.25) is 9.36 Å². The standard InChI is InChI=1S/C22H26BrN3O3/c1-5-6-11-24-14(2)21-25-17-10-8-7-9-16(17)22(27)26(21)18-12-15(28-3)13-19(29-4)20(18)23/h7-10,12-14,24H,5-6,11H2,1-4H3. The fourth-order valence-corrected chi connectivity index (χ4v) is 3.82. The maximum Gasteiger partial charge on any atom is 0.266 e. The lowest BCUT2D eigenvalue weighted by Gasteiger charge is -2.21. The molecule has 2 aromatic carbocycles. The minimum atomic E-state index is -0.134. The van der Waals surface area contributed by atoms with Gasteiger partial charge in [0.15, 0.2) is 0 Å². The molecule has 0 saturated carbocycles. The van der Waals surface area contributed by atoms with Gasteiger partial charge >= 0.3 is 0 Å². The average molecular weight is 460 g/mol. The number of halogens is 1.